The molecule has 10 heteroatoms. The van der Waals surface area contributed by atoms with Crippen LogP contribution in [-0.4, -0.2) is 62.5 Å². The van der Waals surface area contributed by atoms with Gasteiger partial charge in [-0.25, -0.2) is 13.2 Å². The number of sulfonamides is 1. The maximum atomic E-state index is 13.1. The molecule has 1 fully saturated rings. The molecule has 29 heavy (non-hydrogen) atoms. The van der Waals surface area contributed by atoms with Gasteiger partial charge in [-0.2, -0.15) is 4.31 Å². The molecule has 162 valence electrons. The van der Waals surface area contributed by atoms with E-state index in [1.165, 1.54) is 22.5 Å². The SMILES string of the molecule is CC[C@H](C)NC(=O)COC(=O)c1ccc(Cl)c(S(=O)(=O)N2C[C@H](C)O[C@@H](C)C2)c1. The number of nitrogens with one attached hydrogen (secondary N) is 1. The van der Waals surface area contributed by atoms with Crippen molar-refractivity contribution < 1.29 is 27.5 Å². The van der Waals surface area contributed by atoms with Crippen LogP contribution >= 0.6 is 11.6 Å². The summed E-state index contributed by atoms with van der Waals surface area (Å²) in [5, 5.41) is 2.68. The van der Waals surface area contributed by atoms with Crippen LogP contribution in [0.15, 0.2) is 23.1 Å². The standard InChI is InChI=1S/C19H27ClN2O6S/c1-5-12(2)21-18(23)11-27-19(24)15-6-7-16(20)17(8-15)29(25,26)22-9-13(3)28-14(4)10-22/h6-8,12-14H,5,9-11H2,1-4H3,(H,21,23)/t12-,13-,14-/m0/s1. The summed E-state index contributed by atoms with van der Waals surface area (Å²) in [5.41, 5.74) is -0.00123. The molecule has 1 aliphatic rings. The molecule has 0 unspecified atom stereocenters. The van der Waals surface area contributed by atoms with Crippen LogP contribution in [-0.2, 0) is 24.3 Å². The van der Waals surface area contributed by atoms with Crippen molar-refractivity contribution in [1.82, 2.24) is 9.62 Å². The third-order valence-corrected chi connectivity index (χ3v) is 6.84. The second kappa shape index (κ2) is 9.88. The summed E-state index contributed by atoms with van der Waals surface area (Å²) < 4.78 is 38.0. The van der Waals surface area contributed by atoms with Gasteiger partial charge in [-0.05, 0) is 45.4 Å². The lowest BCUT2D eigenvalue weighted by molar-refractivity contribution is -0.124. The summed E-state index contributed by atoms with van der Waals surface area (Å²) in [6.07, 6.45) is 0.227. The van der Waals surface area contributed by atoms with Crippen LogP contribution in [0.3, 0.4) is 0 Å². The molecule has 0 aromatic heterocycles. The molecule has 1 N–H and O–H groups in total. The number of rotatable bonds is 7. The summed E-state index contributed by atoms with van der Waals surface area (Å²) in [6.45, 7) is 7.26. The number of ether oxygens (including phenoxy) is 2. The van der Waals surface area contributed by atoms with Gasteiger partial charge in [0.1, 0.15) is 4.90 Å². The molecule has 1 amide bonds. The fourth-order valence-corrected chi connectivity index (χ4v) is 5.02. The van der Waals surface area contributed by atoms with E-state index < -0.39 is 28.5 Å². The molecular weight excluding hydrogens is 420 g/mol. The molecule has 2 rings (SSSR count). The summed E-state index contributed by atoms with van der Waals surface area (Å²) >= 11 is 6.12. The quantitative estimate of drug-likeness (QED) is 0.644. The number of hydrogen-bond donors (Lipinski definition) is 1. The van der Waals surface area contributed by atoms with Crippen molar-refractivity contribution in [3.8, 4) is 0 Å². The van der Waals surface area contributed by atoms with E-state index in [-0.39, 0.29) is 46.8 Å². The van der Waals surface area contributed by atoms with Crippen molar-refractivity contribution in [3.63, 3.8) is 0 Å². The van der Waals surface area contributed by atoms with Crippen molar-refractivity contribution >= 4 is 33.5 Å². The van der Waals surface area contributed by atoms with Crippen LogP contribution in [0.2, 0.25) is 5.02 Å². The van der Waals surface area contributed by atoms with Crippen molar-refractivity contribution in [2.75, 3.05) is 19.7 Å². The first-order valence-corrected chi connectivity index (χ1v) is 11.3. The van der Waals surface area contributed by atoms with E-state index in [2.05, 4.69) is 5.32 Å². The highest BCUT2D eigenvalue weighted by atomic mass is 35.5. The van der Waals surface area contributed by atoms with Crippen molar-refractivity contribution in [2.24, 2.45) is 0 Å². The summed E-state index contributed by atoms with van der Waals surface area (Å²) in [7, 11) is -3.93. The van der Waals surface area contributed by atoms with Gasteiger partial charge in [0.25, 0.3) is 5.91 Å². The van der Waals surface area contributed by atoms with Gasteiger partial charge in [0.15, 0.2) is 6.61 Å². The Bertz CT molecular complexity index is 850. The Kier molecular flexibility index (Phi) is 8.04. The molecule has 1 aliphatic heterocycles. The van der Waals surface area contributed by atoms with Crippen molar-refractivity contribution in [2.45, 2.75) is 57.3 Å². The average molecular weight is 447 g/mol. The minimum Gasteiger partial charge on any atom is -0.452 e. The molecule has 8 nitrogen and oxygen atoms in total. The van der Waals surface area contributed by atoms with Crippen LogP contribution in [0.1, 0.15) is 44.5 Å². The van der Waals surface area contributed by atoms with Gasteiger partial charge < -0.3 is 14.8 Å². The predicted octanol–water partition coefficient (Wildman–Crippen LogP) is 2.21. The minimum atomic E-state index is -3.93. The third kappa shape index (κ3) is 6.15. The Morgan fingerprint density at radius 2 is 1.93 bits per heavy atom. The second-order valence-electron chi connectivity index (χ2n) is 7.18. The number of esters is 1. The number of halogens is 1. The second-order valence-corrected chi connectivity index (χ2v) is 9.49. The normalized spacial score (nSPS) is 21.4. The minimum absolute atomic E-state index is 0.00123. The highest BCUT2D eigenvalue weighted by Crippen LogP contribution is 2.28. The maximum absolute atomic E-state index is 13.1. The smallest absolute Gasteiger partial charge is 0.338 e. The van der Waals surface area contributed by atoms with Crippen molar-refractivity contribution in [1.29, 1.82) is 0 Å². The number of hydrogen-bond acceptors (Lipinski definition) is 6. The zero-order valence-corrected chi connectivity index (χ0v) is 18.5. The van der Waals surface area contributed by atoms with E-state index in [1.54, 1.807) is 13.8 Å². The molecule has 1 aromatic carbocycles. The van der Waals surface area contributed by atoms with E-state index in [4.69, 9.17) is 21.1 Å². The van der Waals surface area contributed by atoms with Gasteiger partial charge in [-0.1, -0.05) is 18.5 Å². The lowest BCUT2D eigenvalue weighted by Gasteiger charge is -2.34. The third-order valence-electron chi connectivity index (χ3n) is 4.52. The molecule has 0 saturated carbocycles. The fraction of sp³-hybridized carbons (Fsp3) is 0.579. The lowest BCUT2D eigenvalue weighted by Crippen LogP contribution is -2.48. The zero-order valence-electron chi connectivity index (χ0n) is 17.0. The molecule has 0 spiro atoms. The van der Waals surface area contributed by atoms with Gasteiger partial charge in [0.05, 0.1) is 22.8 Å². The van der Waals surface area contributed by atoms with Crippen LogP contribution in [0, 0.1) is 0 Å². The van der Waals surface area contributed by atoms with E-state index in [1.807, 2.05) is 13.8 Å². The van der Waals surface area contributed by atoms with E-state index in [0.717, 1.165) is 6.42 Å². The Morgan fingerprint density at radius 3 is 2.52 bits per heavy atom. The van der Waals surface area contributed by atoms with Crippen LogP contribution in [0.25, 0.3) is 0 Å². The molecule has 0 bridgehead atoms. The summed E-state index contributed by atoms with van der Waals surface area (Å²) in [5.74, 6) is -1.23. The molecular formula is C19H27ClN2O6S. The average Bonchev–Trinajstić information content (AvgIpc) is 2.65. The van der Waals surface area contributed by atoms with Crippen LogP contribution in [0.4, 0.5) is 0 Å². The highest BCUT2D eigenvalue weighted by molar-refractivity contribution is 7.89. The number of morpholine rings is 1. The molecule has 3 atom stereocenters. The maximum Gasteiger partial charge on any atom is 0.338 e. The Labute approximate surface area is 176 Å². The predicted molar refractivity (Wildman–Crippen MR) is 108 cm³/mol. The molecule has 0 radical (unpaired) electrons. The Hall–Kier alpha value is -1.68. The lowest BCUT2D eigenvalue weighted by atomic mass is 10.2. The van der Waals surface area contributed by atoms with Crippen molar-refractivity contribution in [3.05, 3.63) is 28.8 Å². The van der Waals surface area contributed by atoms with E-state index in [0.29, 0.717) is 0 Å². The first-order chi connectivity index (χ1) is 13.5. The molecule has 1 heterocycles. The molecule has 1 saturated heterocycles. The van der Waals surface area contributed by atoms with Crippen LogP contribution < -0.4 is 5.32 Å². The summed E-state index contributed by atoms with van der Waals surface area (Å²) in [4.78, 5) is 23.9. The van der Waals surface area contributed by atoms with E-state index >= 15 is 0 Å². The molecule has 1 aromatic rings. The largest absolute Gasteiger partial charge is 0.452 e. The van der Waals surface area contributed by atoms with Gasteiger partial charge >= 0.3 is 5.97 Å². The number of benzene rings is 1. The van der Waals surface area contributed by atoms with Gasteiger partial charge in [0, 0.05) is 19.1 Å². The first kappa shape index (κ1) is 23.6. The zero-order chi connectivity index (χ0) is 21.8. The number of carbonyl (C=O) groups excluding carboxylic acids is 2. The van der Waals surface area contributed by atoms with E-state index in [9.17, 15) is 18.0 Å². The molecule has 0 aliphatic carbocycles. The Morgan fingerprint density at radius 1 is 1.31 bits per heavy atom. The Balaban J connectivity index is 2.16. The fourth-order valence-electron chi connectivity index (χ4n) is 2.93. The summed E-state index contributed by atoms with van der Waals surface area (Å²) in [6, 6.07) is 3.84. The topological polar surface area (TPSA) is 102 Å². The number of carbonyl (C=O) groups is 2. The monoisotopic (exact) mass is 446 g/mol. The highest BCUT2D eigenvalue weighted by Gasteiger charge is 2.34. The number of nitrogens with zero attached hydrogens (tertiary/aromatic N) is 1. The number of amides is 1. The van der Waals surface area contributed by atoms with Crippen LogP contribution in [0.5, 0.6) is 0 Å². The van der Waals surface area contributed by atoms with Gasteiger partial charge in [0.2, 0.25) is 10.0 Å². The van der Waals surface area contributed by atoms with Gasteiger partial charge in [-0.3, -0.25) is 4.79 Å². The first-order valence-electron chi connectivity index (χ1n) is 9.46. The van der Waals surface area contributed by atoms with Gasteiger partial charge in [-0.15, -0.1) is 0 Å².